The molecule has 1 heterocycles. The maximum absolute atomic E-state index is 13.0. The first kappa shape index (κ1) is 18.4. The van der Waals surface area contributed by atoms with Crippen molar-refractivity contribution in [2.45, 2.75) is 25.4 Å². The van der Waals surface area contributed by atoms with Gasteiger partial charge in [-0.3, -0.25) is 4.79 Å². The summed E-state index contributed by atoms with van der Waals surface area (Å²) in [6, 6.07) is 7.08. The second-order valence-corrected chi connectivity index (χ2v) is 6.65. The lowest BCUT2D eigenvalue weighted by atomic mass is 9.87. The number of carbonyl (C=O) groups excluding carboxylic acids is 1. The molecule has 1 aliphatic heterocycles. The van der Waals surface area contributed by atoms with Crippen LogP contribution in [0.2, 0.25) is 0 Å². The summed E-state index contributed by atoms with van der Waals surface area (Å²) in [4.78, 5) is 13.0. The first-order valence-electron chi connectivity index (χ1n) is 9.10. The van der Waals surface area contributed by atoms with E-state index in [1.165, 1.54) is 0 Å². The molecule has 0 saturated heterocycles. The van der Waals surface area contributed by atoms with E-state index in [-0.39, 0.29) is 13.4 Å². The molecule has 2 atom stereocenters. The van der Waals surface area contributed by atoms with Crippen LogP contribution in [0.1, 0.15) is 41.2 Å². The van der Waals surface area contributed by atoms with Crippen molar-refractivity contribution in [2.24, 2.45) is 0 Å². The number of hydrogen-bond donors (Lipinski definition) is 1. The van der Waals surface area contributed by atoms with Crippen molar-refractivity contribution in [1.82, 2.24) is 0 Å². The minimum atomic E-state index is -0.819. The SMILES string of the molecule is CCOC(=O)[C@@H]1c2cc(OC)c(OC)cc2C[C@@H](O)c2cc3c(cc21)OCO3. The zero-order valence-corrected chi connectivity index (χ0v) is 16.0. The minimum Gasteiger partial charge on any atom is -0.493 e. The molecule has 1 aliphatic carbocycles. The molecule has 148 valence electrons. The van der Waals surface area contributed by atoms with Crippen LogP contribution in [0.5, 0.6) is 23.0 Å². The lowest BCUT2D eigenvalue weighted by molar-refractivity contribution is -0.143. The van der Waals surface area contributed by atoms with Crippen molar-refractivity contribution in [3.05, 3.63) is 46.5 Å². The fourth-order valence-electron chi connectivity index (χ4n) is 3.86. The molecule has 2 aromatic carbocycles. The quantitative estimate of drug-likeness (QED) is 0.809. The zero-order valence-electron chi connectivity index (χ0n) is 16.0. The Balaban J connectivity index is 1.96. The van der Waals surface area contributed by atoms with E-state index in [4.69, 9.17) is 23.7 Å². The van der Waals surface area contributed by atoms with Crippen LogP contribution in [0.3, 0.4) is 0 Å². The lowest BCUT2D eigenvalue weighted by Crippen LogP contribution is -2.19. The Morgan fingerprint density at radius 3 is 2.32 bits per heavy atom. The van der Waals surface area contributed by atoms with Crippen LogP contribution in [0.4, 0.5) is 0 Å². The van der Waals surface area contributed by atoms with E-state index in [9.17, 15) is 9.90 Å². The molecular weight excluding hydrogens is 364 g/mol. The smallest absolute Gasteiger partial charge is 0.317 e. The molecule has 28 heavy (non-hydrogen) atoms. The Hall–Kier alpha value is -2.93. The van der Waals surface area contributed by atoms with E-state index in [0.29, 0.717) is 46.1 Å². The fourth-order valence-corrected chi connectivity index (χ4v) is 3.86. The van der Waals surface area contributed by atoms with E-state index in [0.717, 1.165) is 5.56 Å². The van der Waals surface area contributed by atoms with Crippen molar-refractivity contribution < 1.29 is 33.6 Å². The summed E-state index contributed by atoms with van der Waals surface area (Å²) in [5.74, 6) is 1.03. The van der Waals surface area contributed by atoms with Gasteiger partial charge in [-0.15, -0.1) is 0 Å². The zero-order chi connectivity index (χ0) is 19.8. The number of esters is 1. The molecule has 2 aromatic rings. The molecule has 7 heteroatoms. The average Bonchev–Trinajstić information content (AvgIpc) is 3.11. The summed E-state index contributed by atoms with van der Waals surface area (Å²) in [5.41, 5.74) is 2.77. The van der Waals surface area contributed by atoms with Crippen molar-refractivity contribution in [1.29, 1.82) is 0 Å². The van der Waals surface area contributed by atoms with Crippen LogP contribution in [0, 0.1) is 0 Å². The molecule has 7 nitrogen and oxygen atoms in total. The first-order chi connectivity index (χ1) is 13.6. The molecule has 0 saturated carbocycles. The van der Waals surface area contributed by atoms with Gasteiger partial charge in [-0.2, -0.15) is 0 Å². The van der Waals surface area contributed by atoms with Crippen molar-refractivity contribution in [3.8, 4) is 23.0 Å². The second-order valence-electron chi connectivity index (χ2n) is 6.65. The van der Waals surface area contributed by atoms with Gasteiger partial charge in [0.1, 0.15) is 5.92 Å². The monoisotopic (exact) mass is 386 g/mol. The third-order valence-electron chi connectivity index (χ3n) is 5.14. The summed E-state index contributed by atoms with van der Waals surface area (Å²) in [5, 5.41) is 10.9. The van der Waals surface area contributed by atoms with Gasteiger partial charge >= 0.3 is 5.97 Å². The third kappa shape index (κ3) is 2.92. The Morgan fingerprint density at radius 2 is 1.68 bits per heavy atom. The number of aliphatic hydroxyl groups is 1. The van der Waals surface area contributed by atoms with Gasteiger partial charge in [0.25, 0.3) is 0 Å². The molecule has 0 radical (unpaired) electrons. The summed E-state index contributed by atoms with van der Waals surface area (Å²) >= 11 is 0. The van der Waals surface area contributed by atoms with Crippen molar-refractivity contribution in [3.63, 3.8) is 0 Å². The fraction of sp³-hybridized carbons (Fsp3) is 0.381. The van der Waals surface area contributed by atoms with Crippen molar-refractivity contribution in [2.75, 3.05) is 27.6 Å². The van der Waals surface area contributed by atoms with Crippen LogP contribution in [0.15, 0.2) is 24.3 Å². The highest BCUT2D eigenvalue weighted by molar-refractivity contribution is 5.85. The van der Waals surface area contributed by atoms with Crippen molar-refractivity contribution >= 4 is 5.97 Å². The van der Waals surface area contributed by atoms with Gasteiger partial charge in [-0.1, -0.05) is 0 Å². The number of hydrogen-bond acceptors (Lipinski definition) is 7. The maximum atomic E-state index is 13.0. The summed E-state index contributed by atoms with van der Waals surface area (Å²) in [6.45, 7) is 2.12. The predicted molar refractivity (Wildman–Crippen MR) is 99.3 cm³/mol. The van der Waals surface area contributed by atoms with Gasteiger partial charge in [0.15, 0.2) is 23.0 Å². The Morgan fingerprint density at radius 1 is 1.04 bits per heavy atom. The molecule has 0 spiro atoms. The molecule has 0 aromatic heterocycles. The largest absolute Gasteiger partial charge is 0.493 e. The van der Waals surface area contributed by atoms with Crippen LogP contribution in [-0.4, -0.2) is 38.7 Å². The standard InChI is InChI=1S/C21H22O7/c1-4-26-21(23)20-12-7-17(25-3)16(24-2)6-11(12)5-15(22)13-8-18-19(9-14(13)20)28-10-27-18/h6-9,15,20,22H,4-5,10H2,1-3H3/t15-,20-/m1/s1. The maximum Gasteiger partial charge on any atom is 0.317 e. The molecule has 0 unspecified atom stereocenters. The van der Waals surface area contributed by atoms with E-state index in [2.05, 4.69) is 0 Å². The second kappa shape index (κ2) is 7.24. The summed E-state index contributed by atoms with van der Waals surface area (Å²) < 4.78 is 27.2. The number of benzene rings is 2. The number of fused-ring (bicyclic) bond motifs is 3. The Bertz CT molecular complexity index is 921. The molecule has 0 bridgehead atoms. The minimum absolute atomic E-state index is 0.111. The van der Waals surface area contributed by atoms with Crippen LogP contribution in [0.25, 0.3) is 0 Å². The van der Waals surface area contributed by atoms with Gasteiger partial charge in [0.05, 0.1) is 26.9 Å². The van der Waals surface area contributed by atoms with E-state index in [1.54, 1.807) is 45.4 Å². The van der Waals surface area contributed by atoms with E-state index >= 15 is 0 Å². The van der Waals surface area contributed by atoms with E-state index < -0.39 is 18.0 Å². The van der Waals surface area contributed by atoms with Crippen LogP contribution >= 0.6 is 0 Å². The van der Waals surface area contributed by atoms with Crippen LogP contribution in [-0.2, 0) is 16.0 Å². The Kier molecular flexibility index (Phi) is 4.77. The highest BCUT2D eigenvalue weighted by atomic mass is 16.7. The number of ether oxygens (including phenoxy) is 5. The number of carbonyl (C=O) groups is 1. The summed E-state index contributed by atoms with van der Waals surface area (Å²) in [6.07, 6.45) is -0.501. The summed E-state index contributed by atoms with van der Waals surface area (Å²) in [7, 11) is 3.09. The molecule has 1 N–H and O–H groups in total. The van der Waals surface area contributed by atoms with Gasteiger partial charge < -0.3 is 28.8 Å². The highest BCUT2D eigenvalue weighted by Gasteiger charge is 2.36. The van der Waals surface area contributed by atoms with Gasteiger partial charge in [-0.25, -0.2) is 0 Å². The van der Waals surface area contributed by atoms with Gasteiger partial charge in [0, 0.05) is 6.42 Å². The van der Waals surface area contributed by atoms with Gasteiger partial charge in [0.2, 0.25) is 6.79 Å². The van der Waals surface area contributed by atoms with Gasteiger partial charge in [-0.05, 0) is 53.4 Å². The normalized spacial score (nSPS) is 19.3. The molecule has 0 fully saturated rings. The average molecular weight is 386 g/mol. The Labute approximate surface area is 162 Å². The lowest BCUT2D eigenvalue weighted by Gasteiger charge is -2.21. The number of aliphatic hydroxyl groups excluding tert-OH is 1. The third-order valence-corrected chi connectivity index (χ3v) is 5.14. The highest BCUT2D eigenvalue weighted by Crippen LogP contribution is 2.47. The molecule has 0 amide bonds. The predicted octanol–water partition coefficient (Wildman–Crippen LogP) is 2.72. The van der Waals surface area contributed by atoms with Crippen LogP contribution < -0.4 is 18.9 Å². The molecular formula is C21H22O7. The number of methoxy groups -OCH3 is 2. The number of rotatable bonds is 4. The molecule has 4 rings (SSSR count). The topological polar surface area (TPSA) is 83.5 Å². The van der Waals surface area contributed by atoms with E-state index in [1.807, 2.05) is 0 Å². The molecule has 2 aliphatic rings. The first-order valence-corrected chi connectivity index (χ1v) is 9.10.